The Morgan fingerprint density at radius 3 is 2.29 bits per heavy atom. The molecule has 0 aliphatic heterocycles. The molecule has 17 heavy (non-hydrogen) atoms. The first-order valence-corrected chi connectivity index (χ1v) is 6.21. The third-order valence-electron chi connectivity index (χ3n) is 3.50. The smallest absolute Gasteiger partial charge is 0.161 e. The van der Waals surface area contributed by atoms with Crippen molar-refractivity contribution in [1.29, 1.82) is 0 Å². The molecule has 0 aliphatic carbocycles. The highest BCUT2D eigenvalue weighted by molar-refractivity contribution is 5.58. The van der Waals surface area contributed by atoms with Gasteiger partial charge in [-0.15, -0.1) is 0 Å². The Labute approximate surface area is 105 Å². The standard InChI is InChI=1S/C14H26N3/c1-7-16(12(3)17(4,5)6)13-8-9-14(15)11(2)10-13/h8-10,12H,7,15H2,1-6H3/q+1. The molecule has 96 valence electrons. The molecule has 0 aliphatic rings. The summed E-state index contributed by atoms with van der Waals surface area (Å²) < 4.78 is 0.914. The SMILES string of the molecule is CCN(c1ccc(N)c(C)c1)C(C)[N+](C)(C)C. The van der Waals surface area contributed by atoms with E-state index in [2.05, 4.69) is 58.9 Å². The summed E-state index contributed by atoms with van der Waals surface area (Å²) in [4.78, 5) is 2.41. The highest BCUT2D eigenvalue weighted by Crippen LogP contribution is 2.24. The lowest BCUT2D eigenvalue weighted by atomic mass is 10.1. The molecule has 0 spiro atoms. The molecule has 1 unspecified atom stereocenters. The van der Waals surface area contributed by atoms with Gasteiger partial charge in [0.1, 0.15) is 0 Å². The van der Waals surface area contributed by atoms with Crippen LogP contribution in [0.3, 0.4) is 0 Å². The first-order valence-electron chi connectivity index (χ1n) is 6.21. The van der Waals surface area contributed by atoms with Crippen LogP contribution in [0.15, 0.2) is 18.2 Å². The maximum atomic E-state index is 5.87. The van der Waals surface area contributed by atoms with E-state index in [0.717, 1.165) is 22.3 Å². The van der Waals surface area contributed by atoms with Crippen molar-refractivity contribution < 1.29 is 4.48 Å². The molecule has 0 saturated heterocycles. The number of hydrogen-bond acceptors (Lipinski definition) is 2. The maximum Gasteiger partial charge on any atom is 0.161 e. The van der Waals surface area contributed by atoms with E-state index in [1.807, 2.05) is 6.07 Å². The summed E-state index contributed by atoms with van der Waals surface area (Å²) in [6.07, 6.45) is 0.433. The average Bonchev–Trinajstić information content (AvgIpc) is 2.23. The number of nitrogens with two attached hydrogens (primary N) is 1. The maximum absolute atomic E-state index is 5.87. The Kier molecular flexibility index (Phi) is 4.04. The molecule has 1 atom stereocenters. The van der Waals surface area contributed by atoms with Gasteiger partial charge in [0.05, 0.1) is 21.1 Å². The minimum atomic E-state index is 0.433. The largest absolute Gasteiger partial charge is 0.399 e. The molecular weight excluding hydrogens is 210 g/mol. The highest BCUT2D eigenvalue weighted by Gasteiger charge is 2.25. The summed E-state index contributed by atoms with van der Waals surface area (Å²) in [7, 11) is 6.66. The molecular formula is C14H26N3+. The fourth-order valence-electron chi connectivity index (χ4n) is 1.92. The molecule has 0 saturated carbocycles. The molecule has 0 fully saturated rings. The first kappa shape index (κ1) is 13.8. The Morgan fingerprint density at radius 2 is 1.88 bits per heavy atom. The van der Waals surface area contributed by atoms with Crippen LogP contribution in [-0.4, -0.2) is 38.3 Å². The average molecular weight is 236 g/mol. The number of benzene rings is 1. The fraction of sp³-hybridized carbons (Fsp3) is 0.571. The summed E-state index contributed by atoms with van der Waals surface area (Å²) in [6, 6.07) is 6.28. The third-order valence-corrected chi connectivity index (χ3v) is 3.50. The number of quaternary nitrogens is 1. The summed E-state index contributed by atoms with van der Waals surface area (Å²) in [6.45, 7) is 7.51. The molecule has 0 aromatic heterocycles. The van der Waals surface area contributed by atoms with Gasteiger partial charge in [0.2, 0.25) is 0 Å². The predicted molar refractivity (Wildman–Crippen MR) is 76.1 cm³/mol. The number of anilines is 2. The van der Waals surface area contributed by atoms with Gasteiger partial charge in [0.25, 0.3) is 0 Å². The van der Waals surface area contributed by atoms with E-state index in [0.29, 0.717) is 6.17 Å². The number of aryl methyl sites for hydroxylation is 1. The number of nitrogens with zero attached hydrogens (tertiary/aromatic N) is 2. The van der Waals surface area contributed by atoms with Gasteiger partial charge in [-0.3, -0.25) is 0 Å². The van der Waals surface area contributed by atoms with Gasteiger partial charge < -0.3 is 15.1 Å². The third kappa shape index (κ3) is 3.13. The zero-order valence-corrected chi connectivity index (χ0v) is 12.0. The van der Waals surface area contributed by atoms with Crippen molar-refractivity contribution in [2.45, 2.75) is 26.9 Å². The van der Waals surface area contributed by atoms with Crippen LogP contribution in [0.2, 0.25) is 0 Å². The molecule has 0 bridgehead atoms. The second-order valence-corrected chi connectivity index (χ2v) is 5.58. The van der Waals surface area contributed by atoms with Crippen LogP contribution >= 0.6 is 0 Å². The Morgan fingerprint density at radius 1 is 1.29 bits per heavy atom. The van der Waals surface area contributed by atoms with Crippen molar-refractivity contribution in [3.8, 4) is 0 Å². The van der Waals surface area contributed by atoms with E-state index in [1.54, 1.807) is 0 Å². The van der Waals surface area contributed by atoms with Crippen LogP contribution in [0.5, 0.6) is 0 Å². The van der Waals surface area contributed by atoms with Crippen LogP contribution in [0.4, 0.5) is 11.4 Å². The van der Waals surface area contributed by atoms with Gasteiger partial charge in [-0.2, -0.15) is 0 Å². The van der Waals surface area contributed by atoms with Gasteiger partial charge >= 0.3 is 0 Å². The molecule has 1 aromatic rings. The van der Waals surface area contributed by atoms with Crippen LogP contribution in [0.1, 0.15) is 19.4 Å². The summed E-state index contributed by atoms with van der Waals surface area (Å²) >= 11 is 0. The second kappa shape index (κ2) is 4.96. The van der Waals surface area contributed by atoms with Crippen LogP contribution in [-0.2, 0) is 0 Å². The molecule has 0 heterocycles. The number of nitrogen functional groups attached to an aromatic ring is 1. The molecule has 3 nitrogen and oxygen atoms in total. The molecule has 1 aromatic carbocycles. The summed E-state index contributed by atoms with van der Waals surface area (Å²) in [5.74, 6) is 0. The van der Waals surface area contributed by atoms with Gasteiger partial charge in [-0.25, -0.2) is 0 Å². The minimum Gasteiger partial charge on any atom is -0.399 e. The predicted octanol–water partition coefficient (Wildman–Crippen LogP) is 2.46. The Hall–Kier alpha value is -1.22. The molecule has 1 rings (SSSR count). The molecule has 3 heteroatoms. The lowest BCUT2D eigenvalue weighted by Gasteiger charge is -2.40. The van der Waals surface area contributed by atoms with E-state index in [4.69, 9.17) is 5.73 Å². The normalized spacial score (nSPS) is 13.5. The van der Waals surface area contributed by atoms with Crippen LogP contribution in [0.25, 0.3) is 0 Å². The monoisotopic (exact) mass is 236 g/mol. The van der Waals surface area contributed by atoms with Gasteiger partial charge in [0, 0.05) is 24.8 Å². The zero-order chi connectivity index (χ0) is 13.2. The highest BCUT2D eigenvalue weighted by atomic mass is 15.4. The van der Waals surface area contributed by atoms with Crippen molar-refractivity contribution in [3.05, 3.63) is 23.8 Å². The molecule has 0 amide bonds. The van der Waals surface area contributed by atoms with E-state index >= 15 is 0 Å². The van der Waals surface area contributed by atoms with Crippen LogP contribution < -0.4 is 10.6 Å². The topological polar surface area (TPSA) is 29.3 Å². The van der Waals surface area contributed by atoms with Crippen LogP contribution in [0, 0.1) is 6.92 Å². The number of rotatable bonds is 4. The number of hydrogen-bond donors (Lipinski definition) is 1. The van der Waals surface area contributed by atoms with Gasteiger partial charge in [0.15, 0.2) is 6.17 Å². The fourth-order valence-corrected chi connectivity index (χ4v) is 1.92. The zero-order valence-electron chi connectivity index (χ0n) is 12.0. The lowest BCUT2D eigenvalue weighted by molar-refractivity contribution is -0.893. The Balaban J connectivity index is 3.05. The summed E-state index contributed by atoms with van der Waals surface area (Å²) in [5, 5.41) is 0. The van der Waals surface area contributed by atoms with Crippen molar-refractivity contribution >= 4 is 11.4 Å². The van der Waals surface area contributed by atoms with E-state index in [9.17, 15) is 0 Å². The molecule has 2 N–H and O–H groups in total. The van der Waals surface area contributed by atoms with Crippen molar-refractivity contribution in [2.75, 3.05) is 38.3 Å². The molecule has 0 radical (unpaired) electrons. The van der Waals surface area contributed by atoms with Gasteiger partial charge in [-0.1, -0.05) is 0 Å². The van der Waals surface area contributed by atoms with Crippen molar-refractivity contribution in [1.82, 2.24) is 0 Å². The van der Waals surface area contributed by atoms with Crippen molar-refractivity contribution in [3.63, 3.8) is 0 Å². The van der Waals surface area contributed by atoms with Crippen molar-refractivity contribution in [2.24, 2.45) is 0 Å². The first-order chi connectivity index (χ1) is 7.77. The summed E-state index contributed by atoms with van der Waals surface area (Å²) in [5.41, 5.74) is 9.13. The van der Waals surface area contributed by atoms with E-state index in [-0.39, 0.29) is 0 Å². The Bertz CT molecular complexity index is 380. The lowest BCUT2D eigenvalue weighted by Crippen LogP contribution is -2.53. The second-order valence-electron chi connectivity index (χ2n) is 5.58. The van der Waals surface area contributed by atoms with Gasteiger partial charge in [-0.05, 0) is 37.6 Å². The van der Waals surface area contributed by atoms with E-state index in [1.165, 1.54) is 5.69 Å². The quantitative estimate of drug-likeness (QED) is 0.494. The minimum absolute atomic E-state index is 0.433. The van der Waals surface area contributed by atoms with E-state index < -0.39 is 0 Å².